The van der Waals surface area contributed by atoms with E-state index < -0.39 is 0 Å². The minimum Gasteiger partial charge on any atom is -0.341 e. The molecule has 1 unspecified atom stereocenters. The second kappa shape index (κ2) is 7.35. The summed E-state index contributed by atoms with van der Waals surface area (Å²) >= 11 is 1.53. The van der Waals surface area contributed by atoms with Gasteiger partial charge in [-0.2, -0.15) is 0 Å². The van der Waals surface area contributed by atoms with Crippen molar-refractivity contribution in [1.29, 1.82) is 0 Å². The van der Waals surface area contributed by atoms with Gasteiger partial charge in [0.15, 0.2) is 0 Å². The summed E-state index contributed by atoms with van der Waals surface area (Å²) in [6.07, 6.45) is 0.961. The number of likely N-dealkylation sites (tertiary alicyclic amines) is 1. The number of benzene rings is 1. The van der Waals surface area contributed by atoms with E-state index in [1.807, 2.05) is 29.2 Å². The maximum absolute atomic E-state index is 12.4. The van der Waals surface area contributed by atoms with Crippen LogP contribution < -0.4 is 10.6 Å². The van der Waals surface area contributed by atoms with Crippen LogP contribution in [0.1, 0.15) is 6.42 Å². The van der Waals surface area contributed by atoms with Gasteiger partial charge >= 0.3 is 0 Å². The molecule has 1 atom stereocenters. The fourth-order valence-electron chi connectivity index (χ4n) is 2.81. The lowest BCUT2D eigenvalue weighted by Gasteiger charge is -2.30. The Hall–Kier alpha value is -1.24. The summed E-state index contributed by atoms with van der Waals surface area (Å²) in [6, 6.07) is 7.74. The van der Waals surface area contributed by atoms with E-state index in [0.717, 1.165) is 23.5 Å². The second-order valence-electron chi connectivity index (χ2n) is 5.47. The standard InChI is InChI=1S/C15H19N3O2S.ClH/c16-7-11-5-6-17(8-11)14(19)9-18-12-3-1-2-4-13(12)21-10-15(18)20;/h1-4,11H,5-10,16H2;1H. The molecular formula is C15H20ClN3O2S. The Morgan fingerprint density at radius 3 is 2.86 bits per heavy atom. The summed E-state index contributed by atoms with van der Waals surface area (Å²) in [7, 11) is 0. The number of hydrogen-bond donors (Lipinski definition) is 1. The third-order valence-corrected chi connectivity index (χ3v) is 5.12. The first-order chi connectivity index (χ1) is 10.2. The molecule has 2 aliphatic rings. The van der Waals surface area contributed by atoms with Crippen LogP contribution in [-0.2, 0) is 9.59 Å². The summed E-state index contributed by atoms with van der Waals surface area (Å²) in [5.74, 6) is 0.812. The number of halogens is 1. The smallest absolute Gasteiger partial charge is 0.242 e. The van der Waals surface area contributed by atoms with E-state index in [1.54, 1.807) is 4.90 Å². The molecule has 3 rings (SSSR count). The third kappa shape index (κ3) is 3.39. The van der Waals surface area contributed by atoms with Gasteiger partial charge in [0.1, 0.15) is 6.54 Å². The van der Waals surface area contributed by atoms with Crippen molar-refractivity contribution in [2.24, 2.45) is 11.7 Å². The van der Waals surface area contributed by atoms with Gasteiger partial charge in [-0.15, -0.1) is 24.2 Å². The van der Waals surface area contributed by atoms with Gasteiger partial charge in [0.2, 0.25) is 11.8 Å². The van der Waals surface area contributed by atoms with E-state index in [9.17, 15) is 9.59 Å². The van der Waals surface area contributed by atoms with E-state index in [1.165, 1.54) is 11.8 Å². The molecule has 1 aromatic rings. The predicted octanol–water partition coefficient (Wildman–Crippen LogP) is 1.35. The number of fused-ring (bicyclic) bond motifs is 1. The number of anilines is 1. The molecule has 0 bridgehead atoms. The lowest BCUT2D eigenvalue weighted by molar-refractivity contribution is -0.130. The number of carbonyl (C=O) groups is 2. The Labute approximate surface area is 140 Å². The Balaban J connectivity index is 0.00000176. The molecule has 2 heterocycles. The van der Waals surface area contributed by atoms with Gasteiger partial charge in [0.25, 0.3) is 0 Å². The Morgan fingerprint density at radius 2 is 2.14 bits per heavy atom. The largest absolute Gasteiger partial charge is 0.341 e. The number of carbonyl (C=O) groups excluding carboxylic acids is 2. The summed E-state index contributed by atoms with van der Waals surface area (Å²) in [6.45, 7) is 2.21. The van der Waals surface area contributed by atoms with Gasteiger partial charge in [0, 0.05) is 18.0 Å². The fourth-order valence-corrected chi connectivity index (χ4v) is 3.75. The maximum Gasteiger partial charge on any atom is 0.242 e. The summed E-state index contributed by atoms with van der Waals surface area (Å²) in [5.41, 5.74) is 6.51. The van der Waals surface area contributed by atoms with Crippen LogP contribution in [0.15, 0.2) is 29.2 Å². The molecule has 120 valence electrons. The van der Waals surface area contributed by atoms with Gasteiger partial charge < -0.3 is 15.5 Å². The monoisotopic (exact) mass is 341 g/mol. The first kappa shape index (κ1) is 17.1. The van der Waals surface area contributed by atoms with Gasteiger partial charge in [-0.3, -0.25) is 9.59 Å². The average Bonchev–Trinajstić information content (AvgIpc) is 2.99. The van der Waals surface area contributed by atoms with Crippen LogP contribution in [0, 0.1) is 5.92 Å². The lowest BCUT2D eigenvalue weighted by atomic mass is 10.1. The summed E-state index contributed by atoms with van der Waals surface area (Å²) < 4.78 is 0. The van der Waals surface area contributed by atoms with E-state index in [4.69, 9.17) is 5.73 Å². The molecule has 0 aromatic heterocycles. The molecule has 1 aromatic carbocycles. The van der Waals surface area contributed by atoms with Crippen LogP contribution in [0.4, 0.5) is 5.69 Å². The zero-order chi connectivity index (χ0) is 14.8. The molecule has 2 aliphatic heterocycles. The van der Waals surface area contributed by atoms with Gasteiger partial charge in [-0.25, -0.2) is 0 Å². The molecule has 1 fully saturated rings. The first-order valence-corrected chi connectivity index (χ1v) is 8.17. The number of rotatable bonds is 3. The molecule has 5 nitrogen and oxygen atoms in total. The molecule has 0 aliphatic carbocycles. The molecule has 1 saturated heterocycles. The van der Waals surface area contributed by atoms with Crippen molar-refractivity contribution in [3.05, 3.63) is 24.3 Å². The Morgan fingerprint density at radius 1 is 1.36 bits per heavy atom. The maximum atomic E-state index is 12.4. The number of nitrogens with zero attached hydrogens (tertiary/aromatic N) is 2. The van der Waals surface area contributed by atoms with Crippen molar-refractivity contribution >= 4 is 41.7 Å². The van der Waals surface area contributed by atoms with Crippen LogP contribution in [0.2, 0.25) is 0 Å². The van der Waals surface area contributed by atoms with Crippen molar-refractivity contribution in [2.75, 3.05) is 36.8 Å². The number of nitrogens with two attached hydrogens (primary N) is 1. The number of para-hydroxylation sites is 1. The number of thioether (sulfide) groups is 1. The number of hydrogen-bond acceptors (Lipinski definition) is 4. The van der Waals surface area contributed by atoms with Crippen molar-refractivity contribution in [3.63, 3.8) is 0 Å². The van der Waals surface area contributed by atoms with Gasteiger partial charge in [-0.1, -0.05) is 12.1 Å². The quantitative estimate of drug-likeness (QED) is 0.901. The predicted molar refractivity (Wildman–Crippen MR) is 90.5 cm³/mol. The molecule has 7 heteroatoms. The van der Waals surface area contributed by atoms with E-state index in [0.29, 0.717) is 24.8 Å². The Bertz CT molecular complexity index is 569. The zero-order valence-corrected chi connectivity index (χ0v) is 13.9. The van der Waals surface area contributed by atoms with Crippen LogP contribution in [-0.4, -0.2) is 48.6 Å². The van der Waals surface area contributed by atoms with Crippen LogP contribution >= 0.6 is 24.2 Å². The highest BCUT2D eigenvalue weighted by molar-refractivity contribution is 8.00. The van der Waals surface area contributed by atoms with E-state index >= 15 is 0 Å². The molecule has 0 saturated carbocycles. The fraction of sp³-hybridized carbons (Fsp3) is 0.467. The van der Waals surface area contributed by atoms with E-state index in [2.05, 4.69) is 0 Å². The topological polar surface area (TPSA) is 66.6 Å². The summed E-state index contributed by atoms with van der Waals surface area (Å²) in [5, 5.41) is 0. The third-order valence-electron chi connectivity index (χ3n) is 4.07. The second-order valence-corrected chi connectivity index (χ2v) is 6.48. The average molecular weight is 342 g/mol. The molecule has 2 N–H and O–H groups in total. The molecule has 0 radical (unpaired) electrons. The van der Waals surface area contributed by atoms with Crippen LogP contribution in [0.25, 0.3) is 0 Å². The Kier molecular flexibility index (Phi) is 5.72. The highest BCUT2D eigenvalue weighted by Crippen LogP contribution is 2.34. The SMILES string of the molecule is Cl.NCC1CCN(C(=O)CN2C(=O)CSc3ccccc32)C1. The van der Waals surface area contributed by atoms with Crippen molar-refractivity contribution in [2.45, 2.75) is 11.3 Å². The van der Waals surface area contributed by atoms with Crippen molar-refractivity contribution < 1.29 is 9.59 Å². The molecule has 22 heavy (non-hydrogen) atoms. The van der Waals surface area contributed by atoms with Crippen LogP contribution in [0.3, 0.4) is 0 Å². The minimum atomic E-state index is 0. The van der Waals surface area contributed by atoms with Gasteiger partial charge in [0.05, 0.1) is 11.4 Å². The van der Waals surface area contributed by atoms with E-state index in [-0.39, 0.29) is 30.8 Å². The molecule has 0 spiro atoms. The lowest BCUT2D eigenvalue weighted by Crippen LogP contribution is -2.44. The van der Waals surface area contributed by atoms with Crippen molar-refractivity contribution in [3.8, 4) is 0 Å². The minimum absolute atomic E-state index is 0. The zero-order valence-electron chi connectivity index (χ0n) is 12.2. The summed E-state index contributed by atoms with van der Waals surface area (Å²) in [4.78, 5) is 29.1. The first-order valence-electron chi connectivity index (χ1n) is 7.19. The van der Waals surface area contributed by atoms with Gasteiger partial charge in [-0.05, 0) is 31.0 Å². The molecule has 2 amide bonds. The highest BCUT2D eigenvalue weighted by Gasteiger charge is 2.30. The highest BCUT2D eigenvalue weighted by atomic mass is 35.5. The van der Waals surface area contributed by atoms with Crippen LogP contribution in [0.5, 0.6) is 0 Å². The number of amides is 2. The molecular weight excluding hydrogens is 322 g/mol. The van der Waals surface area contributed by atoms with Crippen molar-refractivity contribution in [1.82, 2.24) is 4.90 Å². The normalized spacial score (nSPS) is 20.6.